The standard InChI is InChI=1S/C85H162O17P2/c1-8-9-10-11-12-13-14-15-22-30-35-40-45-54-61-69-85(90)102-81(73-96-83(88)67-60-53-48-47-51-58-65-78(6)7)75-100-104(93,94)98-71-79(86)70-97-103(91,92)99-74-80(101-84(89)68-62-55-46-41-36-31-26-21-20-24-28-33-38-43-50-57-64-77(4)5)72-95-82(87)66-59-52-44-39-34-29-25-19-17-16-18-23-27-32-37-42-49-56-63-76(2)3/h13-15,22,76-81,86H,8-12,16-21,23-75H2,1-7H3,(H,91,92)(H,93,94)/b14-13-,22-15-/t79-,80-,81-/m1/s1. The monoisotopic (exact) mass is 1520 g/mol. The van der Waals surface area contributed by atoms with Gasteiger partial charge in [-0.2, -0.15) is 0 Å². The van der Waals surface area contributed by atoms with Gasteiger partial charge in [0.2, 0.25) is 0 Å². The number of carbonyl (C=O) groups excluding carboxylic acids is 4. The molecule has 0 aromatic rings. The molecular formula is C85H162O17P2. The van der Waals surface area contributed by atoms with Gasteiger partial charge in [-0.25, -0.2) is 9.13 Å². The summed E-state index contributed by atoms with van der Waals surface area (Å²) in [6.07, 6.45) is 67.7. The molecule has 19 heteroatoms. The van der Waals surface area contributed by atoms with Gasteiger partial charge in [-0.15, -0.1) is 0 Å². The summed E-state index contributed by atoms with van der Waals surface area (Å²) in [4.78, 5) is 73.1. The molecule has 0 saturated carbocycles. The van der Waals surface area contributed by atoms with Crippen LogP contribution in [0.5, 0.6) is 0 Å². The molecule has 0 aromatic carbocycles. The van der Waals surface area contributed by atoms with Crippen LogP contribution in [0.15, 0.2) is 24.3 Å². The number of aliphatic hydroxyl groups excluding tert-OH is 1. The van der Waals surface area contributed by atoms with Crippen LogP contribution in [0.1, 0.15) is 421 Å². The molecule has 0 amide bonds. The maximum Gasteiger partial charge on any atom is 0.472 e. The average molecular weight is 1520 g/mol. The predicted octanol–water partition coefficient (Wildman–Crippen LogP) is 25.3. The van der Waals surface area contributed by atoms with Crippen LogP contribution in [0.2, 0.25) is 0 Å². The van der Waals surface area contributed by atoms with Gasteiger partial charge in [-0.1, -0.05) is 368 Å². The number of phosphoric acid groups is 2. The summed E-state index contributed by atoms with van der Waals surface area (Å²) < 4.78 is 68.7. The third-order valence-electron chi connectivity index (χ3n) is 19.3. The average Bonchev–Trinajstić information content (AvgIpc) is 0.904. The Morgan fingerprint density at radius 1 is 0.298 bits per heavy atom. The zero-order chi connectivity index (χ0) is 76.5. The van der Waals surface area contributed by atoms with Crippen LogP contribution in [0, 0.1) is 17.8 Å². The molecule has 0 saturated heterocycles. The Balaban J connectivity index is 5.23. The number of hydrogen-bond donors (Lipinski definition) is 3. The number of rotatable bonds is 81. The van der Waals surface area contributed by atoms with E-state index in [0.29, 0.717) is 31.6 Å². The van der Waals surface area contributed by atoms with Gasteiger partial charge in [0.05, 0.1) is 26.4 Å². The summed E-state index contributed by atoms with van der Waals surface area (Å²) in [6, 6.07) is 0. The molecule has 0 aliphatic carbocycles. The summed E-state index contributed by atoms with van der Waals surface area (Å²) in [6.45, 7) is 11.9. The highest BCUT2D eigenvalue weighted by Gasteiger charge is 2.30. The molecule has 0 aliphatic rings. The van der Waals surface area contributed by atoms with Crippen molar-refractivity contribution in [2.24, 2.45) is 17.8 Å². The van der Waals surface area contributed by atoms with Crippen molar-refractivity contribution in [2.45, 2.75) is 439 Å². The van der Waals surface area contributed by atoms with Crippen molar-refractivity contribution in [3.05, 3.63) is 24.3 Å². The number of hydrogen-bond acceptors (Lipinski definition) is 15. The van der Waals surface area contributed by atoms with E-state index in [9.17, 15) is 43.2 Å². The number of phosphoric ester groups is 2. The van der Waals surface area contributed by atoms with Crippen LogP contribution < -0.4 is 0 Å². The number of aliphatic hydroxyl groups is 1. The predicted molar refractivity (Wildman–Crippen MR) is 427 cm³/mol. The van der Waals surface area contributed by atoms with E-state index in [-0.39, 0.29) is 25.7 Å². The second kappa shape index (κ2) is 74.6. The fourth-order valence-corrected chi connectivity index (χ4v) is 14.2. The van der Waals surface area contributed by atoms with Gasteiger partial charge >= 0.3 is 39.5 Å². The number of unbranched alkanes of at least 4 members (excludes halogenated alkanes) is 46. The Hall–Kier alpha value is -2.46. The smallest absolute Gasteiger partial charge is 0.462 e. The zero-order valence-electron chi connectivity index (χ0n) is 68.0. The molecule has 104 heavy (non-hydrogen) atoms. The van der Waals surface area contributed by atoms with Gasteiger partial charge < -0.3 is 33.8 Å². The minimum absolute atomic E-state index is 0.0840. The molecular weight excluding hydrogens is 1350 g/mol. The van der Waals surface area contributed by atoms with Crippen LogP contribution in [0.4, 0.5) is 0 Å². The van der Waals surface area contributed by atoms with Gasteiger partial charge in [-0.3, -0.25) is 37.3 Å². The van der Waals surface area contributed by atoms with E-state index in [0.717, 1.165) is 121 Å². The normalized spacial score (nSPS) is 14.0. The van der Waals surface area contributed by atoms with Crippen molar-refractivity contribution in [1.82, 2.24) is 0 Å². The fraction of sp³-hybridized carbons (Fsp3) is 0.906. The summed E-state index contributed by atoms with van der Waals surface area (Å²) >= 11 is 0. The summed E-state index contributed by atoms with van der Waals surface area (Å²) in [5.74, 6) is 0.166. The molecule has 0 bridgehead atoms. The summed E-state index contributed by atoms with van der Waals surface area (Å²) in [7, 11) is -9.94. The zero-order valence-corrected chi connectivity index (χ0v) is 69.8. The van der Waals surface area contributed by atoms with Crippen LogP contribution in [-0.2, 0) is 65.4 Å². The molecule has 17 nitrogen and oxygen atoms in total. The van der Waals surface area contributed by atoms with Crippen molar-refractivity contribution in [2.75, 3.05) is 39.6 Å². The van der Waals surface area contributed by atoms with Crippen LogP contribution >= 0.6 is 15.6 Å². The summed E-state index contributed by atoms with van der Waals surface area (Å²) in [5.41, 5.74) is 0. The third-order valence-corrected chi connectivity index (χ3v) is 21.2. The first-order valence-corrected chi connectivity index (χ1v) is 46.2. The number of allylic oxidation sites excluding steroid dienone is 4. The number of ether oxygens (including phenoxy) is 4. The highest BCUT2D eigenvalue weighted by atomic mass is 31.2. The number of esters is 4. The van der Waals surface area contributed by atoms with E-state index in [1.165, 1.54) is 212 Å². The van der Waals surface area contributed by atoms with Crippen molar-refractivity contribution >= 4 is 39.5 Å². The van der Waals surface area contributed by atoms with Gasteiger partial charge in [0.15, 0.2) is 12.2 Å². The van der Waals surface area contributed by atoms with E-state index < -0.39 is 97.5 Å². The lowest BCUT2D eigenvalue weighted by molar-refractivity contribution is -0.161. The van der Waals surface area contributed by atoms with E-state index in [1.807, 2.05) is 0 Å². The summed E-state index contributed by atoms with van der Waals surface area (Å²) in [5, 5.41) is 10.7. The van der Waals surface area contributed by atoms with Gasteiger partial charge in [-0.05, 0) is 69.1 Å². The Labute approximate surface area is 637 Å². The van der Waals surface area contributed by atoms with Crippen molar-refractivity contribution in [3.63, 3.8) is 0 Å². The molecule has 5 atom stereocenters. The molecule has 2 unspecified atom stereocenters. The lowest BCUT2D eigenvalue weighted by Gasteiger charge is -2.21. The Morgan fingerprint density at radius 2 is 0.519 bits per heavy atom. The van der Waals surface area contributed by atoms with Crippen LogP contribution in [-0.4, -0.2) is 96.7 Å². The van der Waals surface area contributed by atoms with Crippen molar-refractivity contribution in [1.29, 1.82) is 0 Å². The highest BCUT2D eigenvalue weighted by Crippen LogP contribution is 2.45. The van der Waals surface area contributed by atoms with Crippen LogP contribution in [0.3, 0.4) is 0 Å². The molecule has 0 fully saturated rings. The maximum absolute atomic E-state index is 13.1. The Morgan fingerprint density at radius 3 is 0.779 bits per heavy atom. The van der Waals surface area contributed by atoms with E-state index in [2.05, 4.69) is 72.8 Å². The largest absolute Gasteiger partial charge is 0.472 e. The molecule has 0 spiro atoms. The van der Waals surface area contributed by atoms with Gasteiger partial charge in [0.25, 0.3) is 0 Å². The second-order valence-electron chi connectivity index (χ2n) is 31.3. The van der Waals surface area contributed by atoms with E-state index in [4.69, 9.17) is 37.0 Å². The first kappa shape index (κ1) is 102. The van der Waals surface area contributed by atoms with E-state index in [1.54, 1.807) is 0 Å². The third kappa shape index (κ3) is 77.7. The van der Waals surface area contributed by atoms with E-state index >= 15 is 0 Å². The minimum atomic E-state index is -4.97. The molecule has 0 rings (SSSR count). The highest BCUT2D eigenvalue weighted by molar-refractivity contribution is 7.47. The number of carbonyl (C=O) groups is 4. The molecule has 3 N–H and O–H groups in total. The Bertz CT molecular complexity index is 2100. The molecule has 0 aromatic heterocycles. The lowest BCUT2D eigenvalue weighted by Crippen LogP contribution is -2.30. The molecule has 0 radical (unpaired) electrons. The molecule has 0 aliphatic heterocycles. The second-order valence-corrected chi connectivity index (χ2v) is 34.2. The van der Waals surface area contributed by atoms with Crippen molar-refractivity contribution in [3.8, 4) is 0 Å². The van der Waals surface area contributed by atoms with Gasteiger partial charge in [0.1, 0.15) is 19.3 Å². The molecule has 0 heterocycles. The topological polar surface area (TPSA) is 237 Å². The van der Waals surface area contributed by atoms with Crippen LogP contribution in [0.25, 0.3) is 0 Å². The first-order chi connectivity index (χ1) is 50.2. The fourth-order valence-electron chi connectivity index (χ4n) is 12.7. The first-order valence-electron chi connectivity index (χ1n) is 43.2. The minimum Gasteiger partial charge on any atom is -0.462 e. The quantitative estimate of drug-likeness (QED) is 0.0169. The maximum atomic E-state index is 13.1. The lowest BCUT2D eigenvalue weighted by atomic mass is 10.0. The van der Waals surface area contributed by atoms with Gasteiger partial charge in [0, 0.05) is 25.7 Å². The SMILES string of the molecule is CCCCCC/C=C\C=C/CCCCCCCC(=O)O[C@H](COC(=O)CCCCCCCCC(C)C)COP(=O)(O)OC[C@H](O)COP(=O)(O)OC[C@@H](COC(=O)CCCCCCCCCCCCCCCCCCCCC(C)C)OC(=O)CCCCCCCCCCCCCCCCCCC(C)C. The molecule has 614 valence electrons. The Kier molecular flexibility index (Phi) is 72.9. The van der Waals surface area contributed by atoms with Crippen molar-refractivity contribution < 1.29 is 80.2 Å².